The van der Waals surface area contributed by atoms with E-state index in [9.17, 15) is 0 Å². The Morgan fingerprint density at radius 3 is 2.14 bits per heavy atom. The maximum atomic E-state index is 6.56. The van der Waals surface area contributed by atoms with Crippen molar-refractivity contribution in [3.8, 4) is 11.5 Å². The second-order valence-electron chi connectivity index (χ2n) is 6.22. The first kappa shape index (κ1) is 20.1. The Morgan fingerprint density at radius 2 is 1.55 bits per heavy atom. The third-order valence-corrected chi connectivity index (χ3v) is 5.19. The largest absolute Gasteiger partial charge is 0.481 e. The molecule has 0 spiro atoms. The van der Waals surface area contributed by atoms with Gasteiger partial charge in [-0.15, -0.1) is 11.3 Å². The Kier molecular flexibility index (Phi) is 9.22. The standard InChI is InChI=1S/C18H30O2S.Sn/c1-4-7-10-17-18(11-8-5-2,12-9-6-3)20-16-14-21-13-15(16)19-17;/h13-14,17H,4-12H2,1-3H3;. The molecule has 4 heteroatoms. The van der Waals surface area contributed by atoms with Gasteiger partial charge in [0.2, 0.25) is 0 Å². The maximum absolute atomic E-state index is 6.56. The molecule has 1 aromatic rings. The fourth-order valence-electron chi connectivity index (χ4n) is 3.19. The maximum Gasteiger partial charge on any atom is 0.172 e. The monoisotopic (exact) mass is 430 g/mol. The molecule has 0 amide bonds. The van der Waals surface area contributed by atoms with Crippen molar-refractivity contribution in [2.24, 2.45) is 0 Å². The van der Waals surface area contributed by atoms with Crippen LogP contribution in [0.2, 0.25) is 0 Å². The van der Waals surface area contributed by atoms with E-state index in [0.717, 1.165) is 30.8 Å². The third-order valence-electron chi connectivity index (χ3n) is 4.49. The van der Waals surface area contributed by atoms with E-state index in [0.29, 0.717) is 0 Å². The van der Waals surface area contributed by atoms with Crippen LogP contribution in [0.5, 0.6) is 11.5 Å². The zero-order valence-electron chi connectivity index (χ0n) is 14.3. The zero-order chi connectivity index (χ0) is 15.1. The van der Waals surface area contributed by atoms with Gasteiger partial charge in [-0.3, -0.25) is 0 Å². The van der Waals surface area contributed by atoms with Crippen LogP contribution in [-0.2, 0) is 0 Å². The quantitative estimate of drug-likeness (QED) is 0.461. The van der Waals surface area contributed by atoms with Crippen LogP contribution in [0.15, 0.2) is 10.8 Å². The molecule has 0 aliphatic carbocycles. The Labute approximate surface area is 156 Å². The zero-order valence-corrected chi connectivity index (χ0v) is 18.0. The summed E-state index contributed by atoms with van der Waals surface area (Å²) in [6.45, 7) is 6.77. The van der Waals surface area contributed by atoms with E-state index in [2.05, 4.69) is 31.5 Å². The molecule has 1 unspecified atom stereocenters. The van der Waals surface area contributed by atoms with Gasteiger partial charge in [0.05, 0.1) is 0 Å². The van der Waals surface area contributed by atoms with Crippen molar-refractivity contribution < 1.29 is 9.47 Å². The summed E-state index contributed by atoms with van der Waals surface area (Å²) in [5.41, 5.74) is -0.102. The van der Waals surface area contributed by atoms with Gasteiger partial charge in [0.1, 0.15) is 11.7 Å². The summed E-state index contributed by atoms with van der Waals surface area (Å²) >= 11 is 1.68. The topological polar surface area (TPSA) is 18.5 Å². The van der Waals surface area contributed by atoms with Gasteiger partial charge in [0.25, 0.3) is 0 Å². The van der Waals surface area contributed by atoms with Crippen LogP contribution in [0, 0.1) is 0 Å². The minimum Gasteiger partial charge on any atom is -0.481 e. The van der Waals surface area contributed by atoms with E-state index in [1.165, 1.54) is 38.5 Å². The van der Waals surface area contributed by atoms with Gasteiger partial charge in [0, 0.05) is 34.7 Å². The van der Waals surface area contributed by atoms with Crippen LogP contribution in [-0.4, -0.2) is 35.6 Å². The van der Waals surface area contributed by atoms with Crippen molar-refractivity contribution in [2.75, 3.05) is 0 Å². The normalized spacial score (nSPS) is 18.8. The van der Waals surface area contributed by atoms with E-state index >= 15 is 0 Å². The number of fused-ring (bicyclic) bond motifs is 1. The molecule has 0 bridgehead atoms. The minimum atomic E-state index is -0.102. The van der Waals surface area contributed by atoms with Gasteiger partial charge in [-0.2, -0.15) is 0 Å². The Hall–Kier alpha value is 0.0987. The van der Waals surface area contributed by atoms with E-state index in [4.69, 9.17) is 9.47 Å². The number of rotatable bonds is 9. The molecular formula is C18H30O2SSn. The van der Waals surface area contributed by atoms with Gasteiger partial charge < -0.3 is 9.47 Å². The van der Waals surface area contributed by atoms with Gasteiger partial charge in [0.15, 0.2) is 11.5 Å². The molecule has 1 aliphatic heterocycles. The van der Waals surface area contributed by atoms with E-state index in [1.54, 1.807) is 11.3 Å². The van der Waals surface area contributed by atoms with Crippen molar-refractivity contribution in [2.45, 2.75) is 90.3 Å². The average Bonchev–Trinajstić information content (AvgIpc) is 2.95. The molecule has 0 aromatic carbocycles. The third kappa shape index (κ3) is 4.80. The van der Waals surface area contributed by atoms with Gasteiger partial charge in [-0.1, -0.05) is 40.0 Å². The molecule has 124 valence electrons. The average molecular weight is 429 g/mol. The van der Waals surface area contributed by atoms with Crippen LogP contribution < -0.4 is 9.47 Å². The van der Waals surface area contributed by atoms with Crippen LogP contribution in [0.1, 0.15) is 78.6 Å². The first-order chi connectivity index (χ1) is 10.3. The predicted molar refractivity (Wildman–Crippen MR) is 96.4 cm³/mol. The number of thiophene rings is 1. The smallest absolute Gasteiger partial charge is 0.172 e. The van der Waals surface area contributed by atoms with Crippen molar-refractivity contribution in [3.63, 3.8) is 0 Å². The molecule has 4 radical (unpaired) electrons. The second kappa shape index (κ2) is 10.1. The van der Waals surface area contributed by atoms with Gasteiger partial charge >= 0.3 is 0 Å². The Morgan fingerprint density at radius 1 is 0.955 bits per heavy atom. The summed E-state index contributed by atoms with van der Waals surface area (Å²) in [5, 5.41) is 4.18. The van der Waals surface area contributed by atoms with E-state index in [-0.39, 0.29) is 35.6 Å². The van der Waals surface area contributed by atoms with Crippen molar-refractivity contribution in [1.82, 2.24) is 0 Å². The predicted octanol–water partition coefficient (Wildman–Crippen LogP) is 5.82. The fraction of sp³-hybridized carbons (Fsp3) is 0.778. The molecule has 1 aliphatic rings. The Bertz CT molecular complexity index is 411. The number of unbranched alkanes of at least 4 members (excludes halogenated alkanes) is 3. The van der Waals surface area contributed by atoms with Gasteiger partial charge in [-0.05, 0) is 38.5 Å². The molecule has 22 heavy (non-hydrogen) atoms. The molecule has 0 saturated carbocycles. The van der Waals surface area contributed by atoms with Crippen LogP contribution in [0.3, 0.4) is 0 Å². The summed E-state index contributed by atoms with van der Waals surface area (Å²) in [6.07, 6.45) is 10.9. The molecule has 1 aromatic heterocycles. The second-order valence-corrected chi connectivity index (χ2v) is 6.97. The fourth-order valence-corrected chi connectivity index (χ4v) is 3.84. The molecular weight excluding hydrogens is 399 g/mol. The van der Waals surface area contributed by atoms with Gasteiger partial charge in [-0.25, -0.2) is 0 Å². The molecule has 0 fully saturated rings. The summed E-state index contributed by atoms with van der Waals surface area (Å²) < 4.78 is 12.9. The Balaban J connectivity index is 0.00000242. The minimum absolute atomic E-state index is 0. The SMILES string of the molecule is CCCCC1Oc2cscc2OC1(CCCC)CCCC.[Sn]. The van der Waals surface area contributed by atoms with E-state index < -0.39 is 0 Å². The summed E-state index contributed by atoms with van der Waals surface area (Å²) in [5.74, 6) is 1.93. The van der Waals surface area contributed by atoms with Crippen LogP contribution in [0.25, 0.3) is 0 Å². The van der Waals surface area contributed by atoms with Crippen LogP contribution in [0.4, 0.5) is 0 Å². The summed E-state index contributed by atoms with van der Waals surface area (Å²) in [7, 11) is 0. The van der Waals surface area contributed by atoms with Crippen molar-refractivity contribution in [1.29, 1.82) is 0 Å². The summed E-state index contributed by atoms with van der Waals surface area (Å²) in [6, 6.07) is 0. The van der Waals surface area contributed by atoms with Crippen LogP contribution >= 0.6 is 11.3 Å². The number of hydrogen-bond acceptors (Lipinski definition) is 3. The first-order valence-electron chi connectivity index (χ1n) is 8.67. The number of hydrogen-bond donors (Lipinski definition) is 0. The van der Waals surface area contributed by atoms with Crippen molar-refractivity contribution >= 4 is 35.2 Å². The molecule has 2 nitrogen and oxygen atoms in total. The molecule has 2 rings (SSSR count). The van der Waals surface area contributed by atoms with E-state index in [1.807, 2.05) is 0 Å². The van der Waals surface area contributed by atoms with Crippen molar-refractivity contribution in [3.05, 3.63) is 10.8 Å². The molecule has 0 N–H and O–H groups in total. The molecule has 2 heterocycles. The molecule has 1 atom stereocenters. The first-order valence-corrected chi connectivity index (χ1v) is 9.61. The number of ether oxygens (including phenoxy) is 2. The summed E-state index contributed by atoms with van der Waals surface area (Å²) in [4.78, 5) is 0. The molecule has 0 saturated heterocycles.